The van der Waals surface area contributed by atoms with Crippen LogP contribution >= 0.6 is 11.8 Å². The lowest BCUT2D eigenvalue weighted by atomic mass is 10.4. The minimum atomic E-state index is -3.52. The summed E-state index contributed by atoms with van der Waals surface area (Å²) in [6.07, 6.45) is 0. The second kappa shape index (κ2) is 4.98. The minimum Gasteiger partial charge on any atom is -0.257 e. The molecule has 0 unspecified atom stereocenters. The van der Waals surface area contributed by atoms with Crippen LogP contribution in [0.4, 0.5) is 0 Å². The Bertz CT molecular complexity index is 412. The smallest absolute Gasteiger partial charge is 0.253 e. The van der Waals surface area contributed by atoms with Gasteiger partial charge in [-0.1, -0.05) is 13.8 Å². The van der Waals surface area contributed by atoms with Gasteiger partial charge in [0.2, 0.25) is 0 Å². The van der Waals surface area contributed by atoms with Gasteiger partial charge in [-0.15, -0.1) is 11.8 Å². The third kappa shape index (κ3) is 3.49. The number of hydrogen-bond acceptors (Lipinski definition) is 4. The fraction of sp³-hybridized carbons (Fsp3) is 0.333. The Kier molecular flexibility index (Phi) is 4.15. The molecule has 0 aliphatic carbocycles. The first-order chi connectivity index (χ1) is 6.95. The summed E-state index contributed by atoms with van der Waals surface area (Å²) in [7, 11) is -3.52. The highest BCUT2D eigenvalue weighted by Crippen LogP contribution is 2.23. The van der Waals surface area contributed by atoms with Gasteiger partial charge in [-0.2, -0.15) is 4.83 Å². The quantitative estimate of drug-likeness (QED) is 0.478. The van der Waals surface area contributed by atoms with E-state index in [-0.39, 0.29) is 4.90 Å². The molecule has 84 valence electrons. The fourth-order valence-corrected chi connectivity index (χ4v) is 2.51. The molecular formula is C9H14N2O2S2. The Hall–Kier alpha value is -0.560. The molecular weight excluding hydrogens is 232 g/mol. The van der Waals surface area contributed by atoms with Crippen LogP contribution in [0.2, 0.25) is 0 Å². The third-order valence-electron chi connectivity index (χ3n) is 1.66. The molecule has 4 nitrogen and oxygen atoms in total. The van der Waals surface area contributed by atoms with Crippen LogP contribution in [0.1, 0.15) is 13.8 Å². The standard InChI is InChI=1S/C9H14N2O2S2/c1-7(2)14-8-3-5-9(6-4-8)15(12,13)11-10/h3-7,11H,10H2,1-2H3. The molecule has 6 heteroatoms. The number of thioether (sulfide) groups is 1. The van der Waals surface area contributed by atoms with E-state index in [4.69, 9.17) is 5.84 Å². The van der Waals surface area contributed by atoms with E-state index in [9.17, 15) is 8.42 Å². The summed E-state index contributed by atoms with van der Waals surface area (Å²) in [5, 5.41) is 0.472. The van der Waals surface area contributed by atoms with Crippen molar-refractivity contribution in [2.24, 2.45) is 5.84 Å². The monoisotopic (exact) mass is 246 g/mol. The molecule has 0 aliphatic heterocycles. The van der Waals surface area contributed by atoms with Gasteiger partial charge in [-0.3, -0.25) is 5.84 Å². The molecule has 0 radical (unpaired) electrons. The molecule has 0 aliphatic rings. The summed E-state index contributed by atoms with van der Waals surface area (Å²) in [5.74, 6) is 4.91. The number of rotatable bonds is 4. The first-order valence-electron chi connectivity index (χ1n) is 4.45. The van der Waals surface area contributed by atoms with Gasteiger partial charge in [0, 0.05) is 10.1 Å². The summed E-state index contributed by atoms with van der Waals surface area (Å²) in [5.41, 5.74) is 0. The maximum atomic E-state index is 11.3. The summed E-state index contributed by atoms with van der Waals surface area (Å²) in [6, 6.07) is 6.63. The van der Waals surface area contributed by atoms with E-state index in [0.29, 0.717) is 5.25 Å². The second-order valence-corrected chi connectivity index (χ2v) is 6.62. The molecule has 0 heterocycles. The van der Waals surface area contributed by atoms with E-state index in [0.717, 1.165) is 4.90 Å². The van der Waals surface area contributed by atoms with Crippen molar-refractivity contribution < 1.29 is 8.42 Å². The molecule has 0 amide bonds. The van der Waals surface area contributed by atoms with Crippen LogP contribution in [-0.4, -0.2) is 13.7 Å². The zero-order valence-electron chi connectivity index (χ0n) is 8.60. The van der Waals surface area contributed by atoms with Crippen LogP contribution in [0.15, 0.2) is 34.1 Å². The number of sulfonamides is 1. The number of hydrazine groups is 1. The van der Waals surface area contributed by atoms with Crippen molar-refractivity contribution in [1.82, 2.24) is 4.83 Å². The van der Waals surface area contributed by atoms with Gasteiger partial charge in [0.05, 0.1) is 4.90 Å². The van der Waals surface area contributed by atoms with Crippen LogP contribution in [0, 0.1) is 0 Å². The predicted octanol–water partition coefficient (Wildman–Crippen LogP) is 1.34. The van der Waals surface area contributed by atoms with Crippen molar-refractivity contribution in [1.29, 1.82) is 0 Å². The first-order valence-corrected chi connectivity index (χ1v) is 6.81. The van der Waals surface area contributed by atoms with Crippen molar-refractivity contribution in [3.63, 3.8) is 0 Å². The third-order valence-corrected chi connectivity index (χ3v) is 3.88. The van der Waals surface area contributed by atoms with E-state index < -0.39 is 10.0 Å². The minimum absolute atomic E-state index is 0.179. The van der Waals surface area contributed by atoms with Crippen LogP contribution in [-0.2, 0) is 10.0 Å². The zero-order chi connectivity index (χ0) is 11.5. The van der Waals surface area contributed by atoms with Gasteiger partial charge in [-0.05, 0) is 24.3 Å². The van der Waals surface area contributed by atoms with Crippen molar-refractivity contribution in [3.8, 4) is 0 Å². The molecule has 0 atom stereocenters. The van der Waals surface area contributed by atoms with E-state index in [1.807, 2.05) is 0 Å². The highest BCUT2D eigenvalue weighted by molar-refractivity contribution is 7.99. The van der Waals surface area contributed by atoms with Gasteiger partial charge in [-0.25, -0.2) is 8.42 Å². The SMILES string of the molecule is CC(C)Sc1ccc(S(=O)(=O)NN)cc1. The first kappa shape index (κ1) is 12.5. The van der Waals surface area contributed by atoms with Gasteiger partial charge in [0.15, 0.2) is 0 Å². The lowest BCUT2D eigenvalue weighted by Crippen LogP contribution is -2.30. The molecule has 1 aromatic rings. The van der Waals surface area contributed by atoms with Crippen molar-refractivity contribution in [3.05, 3.63) is 24.3 Å². The molecule has 15 heavy (non-hydrogen) atoms. The normalized spacial score (nSPS) is 12.0. The molecule has 1 aromatic carbocycles. The van der Waals surface area contributed by atoms with Crippen LogP contribution in [0.3, 0.4) is 0 Å². The Balaban J connectivity index is 2.91. The molecule has 0 saturated carbocycles. The Labute approximate surface area is 94.3 Å². The van der Waals surface area contributed by atoms with Crippen molar-refractivity contribution >= 4 is 21.8 Å². The fourth-order valence-electron chi connectivity index (χ4n) is 1.04. The van der Waals surface area contributed by atoms with Crippen LogP contribution in [0.25, 0.3) is 0 Å². The lowest BCUT2D eigenvalue weighted by molar-refractivity contribution is 0.584. The topological polar surface area (TPSA) is 72.2 Å². The average Bonchev–Trinajstić information content (AvgIpc) is 2.18. The van der Waals surface area contributed by atoms with E-state index >= 15 is 0 Å². The molecule has 0 bridgehead atoms. The maximum Gasteiger partial charge on any atom is 0.253 e. The molecule has 1 rings (SSSR count). The molecule has 3 N–H and O–H groups in total. The predicted molar refractivity (Wildman–Crippen MR) is 61.9 cm³/mol. The van der Waals surface area contributed by atoms with Crippen LogP contribution in [0.5, 0.6) is 0 Å². The number of benzene rings is 1. The Morgan fingerprint density at radius 3 is 2.20 bits per heavy atom. The van der Waals surface area contributed by atoms with Crippen molar-refractivity contribution in [2.75, 3.05) is 0 Å². The Morgan fingerprint density at radius 2 is 1.80 bits per heavy atom. The van der Waals surface area contributed by atoms with Crippen molar-refractivity contribution in [2.45, 2.75) is 28.9 Å². The van der Waals surface area contributed by atoms with Gasteiger partial charge in [0.1, 0.15) is 0 Å². The summed E-state index contributed by atoms with van der Waals surface area (Å²) in [6.45, 7) is 4.16. The molecule has 0 fully saturated rings. The number of nitrogens with one attached hydrogen (secondary N) is 1. The second-order valence-electron chi connectivity index (χ2n) is 3.26. The largest absolute Gasteiger partial charge is 0.257 e. The zero-order valence-corrected chi connectivity index (χ0v) is 10.2. The maximum absolute atomic E-state index is 11.3. The summed E-state index contributed by atoms with van der Waals surface area (Å²) >= 11 is 1.68. The average molecular weight is 246 g/mol. The van der Waals surface area contributed by atoms with Crippen LogP contribution < -0.4 is 10.7 Å². The van der Waals surface area contributed by atoms with E-state index in [2.05, 4.69) is 13.8 Å². The number of hydrogen-bond donors (Lipinski definition) is 2. The highest BCUT2D eigenvalue weighted by Gasteiger charge is 2.10. The summed E-state index contributed by atoms with van der Waals surface area (Å²) < 4.78 is 22.6. The van der Waals surface area contributed by atoms with Gasteiger partial charge >= 0.3 is 0 Å². The van der Waals surface area contributed by atoms with E-state index in [1.165, 1.54) is 0 Å². The Morgan fingerprint density at radius 1 is 1.27 bits per heavy atom. The van der Waals surface area contributed by atoms with Gasteiger partial charge < -0.3 is 0 Å². The highest BCUT2D eigenvalue weighted by atomic mass is 32.2. The van der Waals surface area contributed by atoms with E-state index in [1.54, 1.807) is 40.9 Å². The molecule has 0 aromatic heterocycles. The number of nitrogens with two attached hydrogens (primary N) is 1. The lowest BCUT2D eigenvalue weighted by Gasteiger charge is -2.06. The molecule has 0 saturated heterocycles. The molecule has 0 spiro atoms. The van der Waals surface area contributed by atoms with Gasteiger partial charge in [0.25, 0.3) is 10.0 Å². The summed E-state index contributed by atoms with van der Waals surface area (Å²) in [4.78, 5) is 3.00.